The van der Waals surface area contributed by atoms with Crippen molar-refractivity contribution in [3.63, 3.8) is 0 Å². The van der Waals surface area contributed by atoms with Crippen LogP contribution < -0.4 is 4.90 Å². The largest absolute Gasteiger partial charge is 0.381 e. The first-order valence-electron chi connectivity index (χ1n) is 5.94. The maximum absolute atomic E-state index is 6.00. The summed E-state index contributed by atoms with van der Waals surface area (Å²) in [5.41, 5.74) is 0.938. The fourth-order valence-corrected chi connectivity index (χ4v) is 2.36. The van der Waals surface area contributed by atoms with Gasteiger partial charge in [-0.3, -0.25) is 0 Å². The van der Waals surface area contributed by atoms with Crippen molar-refractivity contribution in [2.24, 2.45) is 5.92 Å². The van der Waals surface area contributed by atoms with E-state index in [1.807, 2.05) is 14.0 Å². The minimum Gasteiger partial charge on any atom is -0.381 e. The van der Waals surface area contributed by atoms with E-state index in [1.54, 1.807) is 0 Å². The summed E-state index contributed by atoms with van der Waals surface area (Å²) in [6.45, 7) is 4.65. The second-order valence-electron chi connectivity index (χ2n) is 4.58. The molecule has 1 saturated heterocycles. The van der Waals surface area contributed by atoms with Crippen LogP contribution in [0.1, 0.15) is 18.4 Å². The molecule has 2 heterocycles. The summed E-state index contributed by atoms with van der Waals surface area (Å²) in [7, 11) is 2.04. The van der Waals surface area contributed by atoms with Gasteiger partial charge in [-0.25, -0.2) is 9.97 Å². The zero-order chi connectivity index (χ0) is 12.3. The fraction of sp³-hybridized carbons (Fsp3) is 0.667. The van der Waals surface area contributed by atoms with E-state index in [1.165, 1.54) is 12.7 Å². The number of hydrogen-bond acceptors (Lipinski definition) is 4. The third-order valence-electron chi connectivity index (χ3n) is 3.14. The fourth-order valence-electron chi connectivity index (χ4n) is 2.23. The molecule has 1 fully saturated rings. The van der Waals surface area contributed by atoms with Gasteiger partial charge in [0.2, 0.25) is 0 Å². The zero-order valence-electron chi connectivity index (χ0n) is 10.3. The summed E-state index contributed by atoms with van der Waals surface area (Å²) >= 11 is 6.00. The van der Waals surface area contributed by atoms with Gasteiger partial charge in [-0.05, 0) is 25.7 Å². The van der Waals surface area contributed by atoms with Crippen molar-refractivity contribution in [1.82, 2.24) is 9.97 Å². The Labute approximate surface area is 107 Å². The van der Waals surface area contributed by atoms with Crippen molar-refractivity contribution < 1.29 is 4.74 Å². The molecular formula is C12H18ClN3O. The minimum atomic E-state index is 0.529. The molecule has 0 spiro atoms. The molecule has 1 unspecified atom stereocenters. The van der Waals surface area contributed by atoms with Crippen LogP contribution in [0.2, 0.25) is 5.15 Å². The Morgan fingerprint density at radius 2 is 2.35 bits per heavy atom. The predicted octanol–water partition coefficient (Wildman–Crippen LogP) is 2.30. The van der Waals surface area contributed by atoms with E-state index in [2.05, 4.69) is 14.9 Å². The van der Waals surface area contributed by atoms with Crippen molar-refractivity contribution in [1.29, 1.82) is 0 Å². The van der Waals surface area contributed by atoms with Crippen molar-refractivity contribution in [3.8, 4) is 0 Å². The Kier molecular flexibility index (Phi) is 4.18. The quantitative estimate of drug-likeness (QED) is 0.777. The van der Waals surface area contributed by atoms with Crippen molar-refractivity contribution >= 4 is 17.4 Å². The maximum Gasteiger partial charge on any atom is 0.137 e. The Balaban J connectivity index is 2.03. The van der Waals surface area contributed by atoms with Crippen LogP contribution in [0.5, 0.6) is 0 Å². The number of nitrogens with zero attached hydrogens (tertiary/aromatic N) is 3. The lowest BCUT2D eigenvalue weighted by atomic mass is 10.0. The van der Waals surface area contributed by atoms with Crippen molar-refractivity contribution in [2.45, 2.75) is 19.8 Å². The lowest BCUT2D eigenvalue weighted by molar-refractivity contribution is 0.0576. The second-order valence-corrected chi connectivity index (χ2v) is 4.93. The van der Waals surface area contributed by atoms with Gasteiger partial charge in [-0.1, -0.05) is 11.6 Å². The number of ether oxygens (including phenoxy) is 1. The smallest absolute Gasteiger partial charge is 0.137 e. The van der Waals surface area contributed by atoms with Crippen LogP contribution in [-0.2, 0) is 4.74 Å². The van der Waals surface area contributed by atoms with Crippen LogP contribution in [-0.4, -0.2) is 36.8 Å². The average Bonchev–Trinajstić information content (AvgIpc) is 2.34. The van der Waals surface area contributed by atoms with Gasteiger partial charge < -0.3 is 9.64 Å². The Bertz CT molecular complexity index is 380. The van der Waals surface area contributed by atoms with Crippen LogP contribution >= 0.6 is 11.6 Å². The van der Waals surface area contributed by atoms with Gasteiger partial charge in [-0.15, -0.1) is 0 Å². The molecule has 0 amide bonds. The lowest BCUT2D eigenvalue weighted by Crippen LogP contribution is -2.31. The molecule has 94 valence electrons. The van der Waals surface area contributed by atoms with Gasteiger partial charge >= 0.3 is 0 Å². The first-order chi connectivity index (χ1) is 8.18. The lowest BCUT2D eigenvalue weighted by Gasteiger charge is -2.28. The van der Waals surface area contributed by atoms with Crippen LogP contribution in [0, 0.1) is 12.8 Å². The van der Waals surface area contributed by atoms with Crippen LogP contribution in [0.15, 0.2) is 6.33 Å². The third kappa shape index (κ3) is 3.07. The highest BCUT2D eigenvalue weighted by Gasteiger charge is 2.18. The Hall–Kier alpha value is -0.870. The molecule has 1 aromatic heterocycles. The second kappa shape index (κ2) is 5.65. The molecular weight excluding hydrogens is 238 g/mol. The van der Waals surface area contributed by atoms with E-state index in [4.69, 9.17) is 16.3 Å². The summed E-state index contributed by atoms with van der Waals surface area (Å²) < 4.78 is 5.49. The number of anilines is 1. The van der Waals surface area contributed by atoms with Crippen LogP contribution in [0.25, 0.3) is 0 Å². The van der Waals surface area contributed by atoms with Gasteiger partial charge in [0.1, 0.15) is 17.3 Å². The molecule has 0 bridgehead atoms. The van der Waals surface area contributed by atoms with E-state index in [9.17, 15) is 0 Å². The normalized spacial score (nSPS) is 20.3. The van der Waals surface area contributed by atoms with E-state index in [0.717, 1.165) is 37.6 Å². The first-order valence-corrected chi connectivity index (χ1v) is 6.32. The van der Waals surface area contributed by atoms with E-state index >= 15 is 0 Å². The van der Waals surface area contributed by atoms with E-state index in [0.29, 0.717) is 11.1 Å². The summed E-state index contributed by atoms with van der Waals surface area (Å²) in [6, 6.07) is 0. The van der Waals surface area contributed by atoms with Crippen LogP contribution in [0.4, 0.5) is 5.82 Å². The zero-order valence-corrected chi connectivity index (χ0v) is 11.1. The first kappa shape index (κ1) is 12.6. The van der Waals surface area contributed by atoms with Gasteiger partial charge in [0.05, 0.1) is 6.61 Å². The van der Waals surface area contributed by atoms with E-state index in [-0.39, 0.29) is 0 Å². The maximum atomic E-state index is 6.00. The van der Waals surface area contributed by atoms with Gasteiger partial charge in [0, 0.05) is 25.8 Å². The highest BCUT2D eigenvalue weighted by Crippen LogP contribution is 2.23. The van der Waals surface area contributed by atoms with Crippen LogP contribution in [0.3, 0.4) is 0 Å². The molecule has 0 N–H and O–H groups in total. The molecule has 0 aromatic carbocycles. The molecule has 1 aromatic rings. The monoisotopic (exact) mass is 255 g/mol. The molecule has 4 nitrogen and oxygen atoms in total. The van der Waals surface area contributed by atoms with Crippen molar-refractivity contribution in [3.05, 3.63) is 17.0 Å². The molecule has 1 atom stereocenters. The molecule has 1 aliphatic heterocycles. The highest BCUT2D eigenvalue weighted by atomic mass is 35.5. The molecule has 0 saturated carbocycles. The summed E-state index contributed by atoms with van der Waals surface area (Å²) in [5.74, 6) is 1.50. The standard InChI is InChI=1S/C12H18ClN3O/c1-9-11(13)14-8-15-12(9)16(2)6-10-4-3-5-17-7-10/h8,10H,3-7H2,1-2H3. The van der Waals surface area contributed by atoms with Gasteiger partial charge in [-0.2, -0.15) is 0 Å². The Morgan fingerprint density at radius 3 is 3.06 bits per heavy atom. The molecule has 2 rings (SSSR count). The highest BCUT2D eigenvalue weighted by molar-refractivity contribution is 6.30. The molecule has 0 radical (unpaired) electrons. The summed E-state index contributed by atoms with van der Waals surface area (Å²) in [5, 5.41) is 0.529. The molecule has 5 heteroatoms. The third-order valence-corrected chi connectivity index (χ3v) is 3.53. The molecule has 0 aliphatic carbocycles. The van der Waals surface area contributed by atoms with Gasteiger partial charge in [0.15, 0.2) is 0 Å². The van der Waals surface area contributed by atoms with Gasteiger partial charge in [0.25, 0.3) is 0 Å². The number of rotatable bonds is 3. The summed E-state index contributed by atoms with van der Waals surface area (Å²) in [4.78, 5) is 10.4. The topological polar surface area (TPSA) is 38.2 Å². The average molecular weight is 256 g/mol. The molecule has 1 aliphatic rings. The molecule has 17 heavy (non-hydrogen) atoms. The predicted molar refractivity (Wildman–Crippen MR) is 68.6 cm³/mol. The number of aromatic nitrogens is 2. The van der Waals surface area contributed by atoms with E-state index < -0.39 is 0 Å². The summed E-state index contributed by atoms with van der Waals surface area (Å²) in [6.07, 6.45) is 3.89. The van der Waals surface area contributed by atoms with Crippen molar-refractivity contribution in [2.75, 3.05) is 31.7 Å². The SMILES string of the molecule is Cc1c(Cl)ncnc1N(C)CC1CCCOC1. The number of hydrogen-bond donors (Lipinski definition) is 0. The number of halogens is 1. The minimum absolute atomic E-state index is 0.529. The Morgan fingerprint density at radius 1 is 1.53 bits per heavy atom.